The summed E-state index contributed by atoms with van der Waals surface area (Å²) in [5, 5.41) is 10.2. The van der Waals surface area contributed by atoms with Gasteiger partial charge in [-0.25, -0.2) is 0 Å². The van der Waals surface area contributed by atoms with Gasteiger partial charge in [0.2, 0.25) is 0 Å². The first kappa shape index (κ1) is 22.0. The summed E-state index contributed by atoms with van der Waals surface area (Å²) in [6.45, 7) is 5.39. The summed E-state index contributed by atoms with van der Waals surface area (Å²) >= 11 is 0. The van der Waals surface area contributed by atoms with Crippen molar-refractivity contribution in [2.75, 3.05) is 19.8 Å². The summed E-state index contributed by atoms with van der Waals surface area (Å²) in [6, 6.07) is 0. The van der Waals surface area contributed by atoms with E-state index in [0.29, 0.717) is 26.1 Å². The Morgan fingerprint density at radius 2 is 2.00 bits per heavy atom. The molecule has 0 radical (unpaired) electrons. The van der Waals surface area contributed by atoms with E-state index in [1.807, 2.05) is 24.3 Å². The Balaban J connectivity index is 1.15. The van der Waals surface area contributed by atoms with Crippen molar-refractivity contribution >= 4 is 5.78 Å². The average molecular weight is 443 g/mol. The summed E-state index contributed by atoms with van der Waals surface area (Å²) in [4.78, 5) is 12.9. The number of fused-ring (bicyclic) bond motifs is 2. The summed E-state index contributed by atoms with van der Waals surface area (Å²) in [6.07, 6.45) is 25.7. The molecule has 0 aromatic carbocycles. The van der Waals surface area contributed by atoms with E-state index in [9.17, 15) is 9.90 Å². The lowest BCUT2D eigenvalue weighted by Crippen LogP contribution is -2.33. The van der Waals surface area contributed by atoms with E-state index in [0.717, 1.165) is 35.1 Å². The van der Waals surface area contributed by atoms with E-state index in [2.05, 4.69) is 49.1 Å². The van der Waals surface area contributed by atoms with Crippen LogP contribution >= 0.6 is 0 Å². The van der Waals surface area contributed by atoms with Gasteiger partial charge in [0.05, 0.1) is 13.2 Å². The van der Waals surface area contributed by atoms with Crippen LogP contribution in [0, 0.1) is 11.8 Å². The monoisotopic (exact) mass is 442 g/mol. The first-order valence-corrected chi connectivity index (χ1v) is 11.7. The van der Waals surface area contributed by atoms with E-state index >= 15 is 0 Å². The number of allylic oxidation sites excluding steroid dienone is 15. The standard InChI is InChI=1S/C29H30O4/c1-20-13-26(17-24-5-2-3-6-27(20)24)28(30)10-8-21-14-23-9-7-22(16-25(23)15-21)18-32-19-29(31)11-4-12-33-29/h2-3,5-7,9,13-17,25,27,31H,1,4,8,10-12,18-19H2. The van der Waals surface area contributed by atoms with Crippen molar-refractivity contribution in [3.05, 3.63) is 107 Å². The van der Waals surface area contributed by atoms with Gasteiger partial charge in [-0.3, -0.25) is 4.79 Å². The average Bonchev–Trinajstić information content (AvgIpc) is 3.43. The molecule has 33 heavy (non-hydrogen) atoms. The summed E-state index contributed by atoms with van der Waals surface area (Å²) < 4.78 is 11.1. The number of hydrogen-bond donors (Lipinski definition) is 1. The van der Waals surface area contributed by atoms with Crippen LogP contribution in [0.2, 0.25) is 0 Å². The fourth-order valence-corrected chi connectivity index (χ4v) is 4.96. The molecule has 3 atom stereocenters. The van der Waals surface area contributed by atoms with Gasteiger partial charge in [0.15, 0.2) is 11.6 Å². The third-order valence-corrected chi connectivity index (χ3v) is 6.78. The molecule has 170 valence electrons. The molecule has 0 saturated carbocycles. The maximum atomic E-state index is 12.9. The van der Waals surface area contributed by atoms with Crippen molar-refractivity contribution in [2.24, 2.45) is 11.8 Å². The first-order valence-electron chi connectivity index (χ1n) is 11.7. The van der Waals surface area contributed by atoms with E-state index in [-0.39, 0.29) is 24.2 Å². The zero-order chi connectivity index (χ0) is 22.8. The minimum Gasteiger partial charge on any atom is -0.371 e. The van der Waals surface area contributed by atoms with Crippen LogP contribution < -0.4 is 0 Å². The Hall–Kier alpha value is -2.79. The predicted octanol–water partition coefficient (Wildman–Crippen LogP) is 4.99. The number of carbonyl (C=O) groups is 1. The van der Waals surface area contributed by atoms with Crippen molar-refractivity contribution in [1.82, 2.24) is 0 Å². The van der Waals surface area contributed by atoms with Crippen LogP contribution in [0.1, 0.15) is 25.7 Å². The van der Waals surface area contributed by atoms with E-state index in [1.54, 1.807) is 0 Å². The topological polar surface area (TPSA) is 55.8 Å². The van der Waals surface area contributed by atoms with Gasteiger partial charge in [0, 0.05) is 30.3 Å². The Morgan fingerprint density at radius 3 is 2.85 bits per heavy atom. The first-order chi connectivity index (χ1) is 16.0. The number of carbonyl (C=O) groups excluding carboxylic acids is 1. The normalized spacial score (nSPS) is 29.7. The molecule has 0 aromatic heterocycles. The van der Waals surface area contributed by atoms with Gasteiger partial charge in [-0.15, -0.1) is 0 Å². The van der Waals surface area contributed by atoms with Crippen molar-refractivity contribution in [1.29, 1.82) is 0 Å². The molecule has 1 saturated heterocycles. The number of ketones is 1. The van der Waals surface area contributed by atoms with Crippen molar-refractivity contribution in [2.45, 2.75) is 31.5 Å². The second kappa shape index (κ2) is 9.22. The molecule has 3 unspecified atom stereocenters. The minimum absolute atomic E-state index is 0.159. The number of hydrogen-bond acceptors (Lipinski definition) is 4. The molecule has 4 aliphatic carbocycles. The lowest BCUT2D eigenvalue weighted by molar-refractivity contribution is -0.202. The van der Waals surface area contributed by atoms with Gasteiger partial charge in [0.1, 0.15) is 6.61 Å². The third-order valence-electron chi connectivity index (χ3n) is 6.78. The largest absolute Gasteiger partial charge is 0.371 e. The highest BCUT2D eigenvalue weighted by molar-refractivity contribution is 5.99. The zero-order valence-electron chi connectivity index (χ0n) is 18.8. The molecule has 0 aromatic rings. The third kappa shape index (κ3) is 4.93. The minimum atomic E-state index is -1.13. The van der Waals surface area contributed by atoms with Crippen molar-refractivity contribution < 1.29 is 19.4 Å². The molecular weight excluding hydrogens is 412 g/mol. The highest BCUT2D eigenvalue weighted by Gasteiger charge is 2.32. The van der Waals surface area contributed by atoms with Crippen LogP contribution in [0.4, 0.5) is 0 Å². The number of rotatable bonds is 8. The van der Waals surface area contributed by atoms with Crippen LogP contribution in [-0.2, 0) is 14.3 Å². The highest BCUT2D eigenvalue weighted by atomic mass is 16.7. The zero-order valence-corrected chi connectivity index (χ0v) is 18.8. The molecule has 0 bridgehead atoms. The lowest BCUT2D eigenvalue weighted by Gasteiger charge is -2.22. The second-order valence-electron chi connectivity index (χ2n) is 9.34. The molecular formula is C29H30O4. The summed E-state index contributed by atoms with van der Waals surface area (Å²) in [5.41, 5.74) is 6.39. The maximum Gasteiger partial charge on any atom is 0.189 e. The van der Waals surface area contributed by atoms with Gasteiger partial charge < -0.3 is 14.6 Å². The van der Waals surface area contributed by atoms with Gasteiger partial charge in [-0.05, 0) is 47.3 Å². The molecule has 5 rings (SSSR count). The molecule has 0 amide bonds. The van der Waals surface area contributed by atoms with Gasteiger partial charge in [-0.1, -0.05) is 66.8 Å². The van der Waals surface area contributed by atoms with E-state index < -0.39 is 5.79 Å². The van der Waals surface area contributed by atoms with Gasteiger partial charge in [-0.2, -0.15) is 0 Å². The van der Waals surface area contributed by atoms with Crippen LogP contribution in [-0.4, -0.2) is 36.5 Å². The van der Waals surface area contributed by atoms with Crippen molar-refractivity contribution in [3.8, 4) is 0 Å². The predicted molar refractivity (Wildman–Crippen MR) is 129 cm³/mol. The smallest absolute Gasteiger partial charge is 0.189 e. The van der Waals surface area contributed by atoms with Crippen LogP contribution in [0.15, 0.2) is 107 Å². The number of aliphatic hydroxyl groups is 1. The second-order valence-corrected chi connectivity index (χ2v) is 9.34. The Kier molecular flexibility index (Phi) is 6.15. The van der Waals surface area contributed by atoms with Gasteiger partial charge >= 0.3 is 0 Å². The van der Waals surface area contributed by atoms with Crippen LogP contribution in [0.25, 0.3) is 0 Å². The quantitative estimate of drug-likeness (QED) is 0.575. The summed E-state index contributed by atoms with van der Waals surface area (Å²) in [7, 11) is 0. The fraction of sp³-hybridized carbons (Fsp3) is 0.345. The molecule has 1 N–H and O–H groups in total. The van der Waals surface area contributed by atoms with Gasteiger partial charge in [0.25, 0.3) is 0 Å². The molecule has 5 aliphatic rings. The Bertz CT molecular complexity index is 1100. The molecule has 1 fully saturated rings. The molecule has 4 heteroatoms. The molecule has 0 spiro atoms. The maximum absolute atomic E-state index is 12.9. The van der Waals surface area contributed by atoms with E-state index in [1.165, 1.54) is 11.1 Å². The molecule has 1 heterocycles. The Labute approximate surface area is 195 Å². The number of Topliss-reactive ketones (excluding diaryl/α,β-unsaturated/α-hetero) is 1. The fourth-order valence-electron chi connectivity index (χ4n) is 4.96. The summed E-state index contributed by atoms with van der Waals surface area (Å²) in [5.74, 6) is -0.549. The molecule has 4 nitrogen and oxygen atoms in total. The van der Waals surface area contributed by atoms with Crippen LogP contribution in [0.3, 0.4) is 0 Å². The van der Waals surface area contributed by atoms with E-state index in [4.69, 9.17) is 9.47 Å². The molecule has 1 aliphatic heterocycles. The number of ether oxygens (including phenoxy) is 2. The highest BCUT2D eigenvalue weighted by Crippen LogP contribution is 2.35. The van der Waals surface area contributed by atoms with Crippen LogP contribution in [0.5, 0.6) is 0 Å². The Morgan fingerprint density at radius 1 is 1.12 bits per heavy atom. The van der Waals surface area contributed by atoms with Crippen molar-refractivity contribution in [3.63, 3.8) is 0 Å². The SMILES string of the molecule is C=C1C=C(C(=O)CCC2=CC3C=C(COCC4(O)CCCO4)C=CC3=C2)C=C2C=CC=CC12. The lowest BCUT2D eigenvalue weighted by atomic mass is 9.81.